The van der Waals surface area contributed by atoms with E-state index in [0.717, 1.165) is 16.4 Å². The van der Waals surface area contributed by atoms with Crippen LogP contribution in [0.3, 0.4) is 0 Å². The highest BCUT2D eigenvalue weighted by molar-refractivity contribution is 8.00. The Morgan fingerprint density at radius 2 is 2.21 bits per heavy atom. The summed E-state index contributed by atoms with van der Waals surface area (Å²) in [5.74, 6) is 0.240. The number of thioether (sulfide) groups is 1. The number of halogens is 1. The normalized spacial score (nSPS) is 21.8. The van der Waals surface area contributed by atoms with Gasteiger partial charge in [0.25, 0.3) is 0 Å². The fraction of sp³-hybridized carbons (Fsp3) is 0.450. The molecule has 0 spiro atoms. The summed E-state index contributed by atoms with van der Waals surface area (Å²) in [6.45, 7) is 8.31. The van der Waals surface area contributed by atoms with Crippen LogP contribution in [0.15, 0.2) is 47.3 Å². The van der Waals surface area contributed by atoms with Crippen LogP contribution in [0, 0.1) is 5.92 Å². The predicted octanol–water partition coefficient (Wildman–Crippen LogP) is 4.49. The Morgan fingerprint density at radius 1 is 1.43 bits per heavy atom. The second kappa shape index (κ2) is 8.34. The molecule has 0 radical (unpaired) electrons. The molecule has 0 aromatic carbocycles. The molecule has 2 atom stereocenters. The van der Waals surface area contributed by atoms with Crippen molar-refractivity contribution in [2.45, 2.75) is 43.3 Å². The fourth-order valence-electron chi connectivity index (χ4n) is 3.14. The highest BCUT2D eigenvalue weighted by atomic mass is 32.2. The number of ether oxygens (including phenoxy) is 1. The molecule has 0 fully saturated rings. The second-order valence-corrected chi connectivity index (χ2v) is 8.74. The molecule has 6 nitrogen and oxygen atoms in total. The molecule has 0 saturated carbocycles. The summed E-state index contributed by atoms with van der Waals surface area (Å²) in [4.78, 5) is 12.6. The highest BCUT2D eigenvalue weighted by Crippen LogP contribution is 2.45. The third-order valence-electron chi connectivity index (χ3n) is 4.67. The van der Waals surface area contributed by atoms with E-state index in [2.05, 4.69) is 29.4 Å². The first-order chi connectivity index (χ1) is 13.3. The summed E-state index contributed by atoms with van der Waals surface area (Å²) in [7, 11) is 0. The van der Waals surface area contributed by atoms with E-state index in [9.17, 15) is 9.18 Å². The maximum atomic E-state index is 14.6. The van der Waals surface area contributed by atoms with Crippen LogP contribution < -0.4 is 5.32 Å². The predicted molar refractivity (Wildman–Crippen MR) is 108 cm³/mol. The maximum absolute atomic E-state index is 14.6. The van der Waals surface area contributed by atoms with Crippen molar-refractivity contribution in [2.24, 2.45) is 5.92 Å². The molecule has 2 heterocycles. The van der Waals surface area contributed by atoms with Crippen molar-refractivity contribution in [3.8, 4) is 0 Å². The number of allylic oxidation sites excluding steroid dienone is 2. The summed E-state index contributed by atoms with van der Waals surface area (Å²) >= 11 is 1.53. The SMILES string of the molecule is CCNC(=O)OCC1C(F)=CC=C[C@]1(C)Sc1ccc2nnc(C(C)C)n2c1. The van der Waals surface area contributed by atoms with Crippen LogP contribution in [0.1, 0.15) is 39.4 Å². The van der Waals surface area contributed by atoms with Gasteiger partial charge in [0.05, 0.1) is 5.92 Å². The molecular weight excluding hydrogens is 379 g/mol. The first kappa shape index (κ1) is 20.4. The van der Waals surface area contributed by atoms with Crippen molar-refractivity contribution in [2.75, 3.05) is 13.2 Å². The van der Waals surface area contributed by atoms with Gasteiger partial charge < -0.3 is 10.1 Å². The largest absolute Gasteiger partial charge is 0.449 e. The van der Waals surface area contributed by atoms with Gasteiger partial charge in [-0.1, -0.05) is 26.0 Å². The second-order valence-electron chi connectivity index (χ2n) is 7.18. The van der Waals surface area contributed by atoms with Crippen molar-refractivity contribution in [1.29, 1.82) is 0 Å². The molecule has 150 valence electrons. The average Bonchev–Trinajstić information content (AvgIpc) is 3.05. The van der Waals surface area contributed by atoms with Gasteiger partial charge in [0.2, 0.25) is 0 Å². The Hall–Kier alpha value is -2.35. The van der Waals surface area contributed by atoms with Gasteiger partial charge >= 0.3 is 6.09 Å². The van der Waals surface area contributed by atoms with Gasteiger partial charge in [-0.2, -0.15) is 0 Å². The van der Waals surface area contributed by atoms with Crippen molar-refractivity contribution >= 4 is 23.5 Å². The Morgan fingerprint density at radius 3 is 2.93 bits per heavy atom. The number of carbonyl (C=O) groups excluding carboxylic acids is 1. The molecule has 28 heavy (non-hydrogen) atoms. The van der Waals surface area contributed by atoms with Gasteiger partial charge in [-0.25, -0.2) is 9.18 Å². The van der Waals surface area contributed by atoms with Crippen LogP contribution in [-0.2, 0) is 4.74 Å². The first-order valence-electron chi connectivity index (χ1n) is 9.33. The van der Waals surface area contributed by atoms with E-state index >= 15 is 0 Å². The summed E-state index contributed by atoms with van der Waals surface area (Å²) in [6, 6.07) is 3.86. The molecule has 3 rings (SSSR count). The van der Waals surface area contributed by atoms with Gasteiger partial charge in [-0.15, -0.1) is 22.0 Å². The summed E-state index contributed by atoms with van der Waals surface area (Å²) in [5, 5.41) is 11.0. The van der Waals surface area contributed by atoms with E-state index in [-0.39, 0.29) is 18.4 Å². The molecule has 8 heteroatoms. The molecule has 2 aromatic rings. The van der Waals surface area contributed by atoms with E-state index in [1.807, 2.05) is 35.7 Å². The molecular formula is C20H25FN4O2S. The minimum absolute atomic E-state index is 0.0336. The molecule has 0 bridgehead atoms. The third kappa shape index (κ3) is 4.22. The Balaban J connectivity index is 1.84. The molecule has 1 N–H and O–H groups in total. The van der Waals surface area contributed by atoms with E-state index in [1.54, 1.807) is 13.0 Å². The van der Waals surface area contributed by atoms with Crippen LogP contribution in [-0.4, -0.2) is 38.6 Å². The lowest BCUT2D eigenvalue weighted by molar-refractivity contribution is 0.124. The number of pyridine rings is 1. The topological polar surface area (TPSA) is 68.5 Å². The Labute approximate surface area is 168 Å². The molecule has 1 unspecified atom stereocenters. The van der Waals surface area contributed by atoms with E-state index < -0.39 is 16.8 Å². The lowest BCUT2D eigenvalue weighted by atomic mass is 9.88. The number of fused-ring (bicyclic) bond motifs is 1. The van der Waals surface area contributed by atoms with Crippen LogP contribution in [0.4, 0.5) is 9.18 Å². The fourth-order valence-corrected chi connectivity index (χ4v) is 4.41. The zero-order valence-electron chi connectivity index (χ0n) is 16.5. The molecule has 1 amide bonds. The number of carbonyl (C=O) groups is 1. The lowest BCUT2D eigenvalue weighted by Gasteiger charge is -2.35. The minimum atomic E-state index is -0.606. The van der Waals surface area contributed by atoms with Crippen LogP contribution in [0.5, 0.6) is 0 Å². The van der Waals surface area contributed by atoms with Crippen LogP contribution in [0.2, 0.25) is 0 Å². The number of amides is 1. The number of alkyl carbamates (subject to hydrolysis) is 1. The number of rotatable bonds is 6. The number of aromatic nitrogens is 3. The van der Waals surface area contributed by atoms with Crippen LogP contribution in [0.25, 0.3) is 5.65 Å². The van der Waals surface area contributed by atoms with Crippen molar-refractivity contribution in [3.05, 3.63) is 48.2 Å². The van der Waals surface area contributed by atoms with Gasteiger partial charge in [-0.3, -0.25) is 4.40 Å². The Bertz CT molecular complexity index is 924. The number of hydrogen-bond acceptors (Lipinski definition) is 5. The molecule has 2 aromatic heterocycles. The van der Waals surface area contributed by atoms with Crippen molar-refractivity contribution in [1.82, 2.24) is 19.9 Å². The van der Waals surface area contributed by atoms with Gasteiger partial charge in [0, 0.05) is 28.3 Å². The minimum Gasteiger partial charge on any atom is -0.449 e. The van der Waals surface area contributed by atoms with Crippen molar-refractivity contribution < 1.29 is 13.9 Å². The molecule has 1 aliphatic rings. The monoisotopic (exact) mass is 404 g/mol. The smallest absolute Gasteiger partial charge is 0.407 e. The van der Waals surface area contributed by atoms with E-state index in [0.29, 0.717) is 6.54 Å². The average molecular weight is 405 g/mol. The zero-order valence-corrected chi connectivity index (χ0v) is 17.3. The first-order valence-corrected chi connectivity index (χ1v) is 10.1. The molecule has 0 aliphatic heterocycles. The Kier molecular flexibility index (Phi) is 6.07. The molecule has 0 saturated heterocycles. The summed E-state index contributed by atoms with van der Waals surface area (Å²) in [5.41, 5.74) is 0.777. The van der Waals surface area contributed by atoms with E-state index in [1.165, 1.54) is 17.8 Å². The summed E-state index contributed by atoms with van der Waals surface area (Å²) in [6.07, 6.45) is 6.53. The van der Waals surface area contributed by atoms with Gasteiger partial charge in [0.1, 0.15) is 18.3 Å². The van der Waals surface area contributed by atoms with Gasteiger partial charge in [0.15, 0.2) is 5.65 Å². The van der Waals surface area contributed by atoms with Crippen molar-refractivity contribution in [3.63, 3.8) is 0 Å². The number of nitrogens with one attached hydrogen (secondary N) is 1. The quantitative estimate of drug-likeness (QED) is 0.768. The third-order valence-corrected chi connectivity index (χ3v) is 6.00. The van der Waals surface area contributed by atoms with E-state index in [4.69, 9.17) is 4.74 Å². The lowest BCUT2D eigenvalue weighted by Crippen LogP contribution is -2.37. The maximum Gasteiger partial charge on any atom is 0.407 e. The standard InChI is InChI=1S/C20H25FN4O2S/c1-5-22-19(26)27-12-15-16(21)7-6-10-20(15,4)28-14-8-9-17-23-24-18(13(2)3)25(17)11-14/h6-11,13,15H,5,12H2,1-4H3,(H,22,26)/t15?,20-/m0/s1. The van der Waals surface area contributed by atoms with Crippen LogP contribution >= 0.6 is 11.8 Å². The number of hydrogen-bond donors (Lipinski definition) is 1. The molecule has 1 aliphatic carbocycles. The highest BCUT2D eigenvalue weighted by Gasteiger charge is 2.39. The number of nitrogens with zero attached hydrogens (tertiary/aromatic N) is 3. The zero-order chi connectivity index (χ0) is 20.3. The summed E-state index contributed by atoms with van der Waals surface area (Å²) < 4.78 is 21.2. The van der Waals surface area contributed by atoms with Gasteiger partial charge in [-0.05, 0) is 32.1 Å².